The normalized spacial score (nSPS) is 22.4. The molecule has 0 aliphatic heterocycles. The predicted octanol–water partition coefficient (Wildman–Crippen LogP) is 4.79. The zero-order valence-corrected chi connectivity index (χ0v) is 13.7. The molecule has 1 aliphatic rings. The maximum Gasteiger partial charge on any atom is 0.309 e. The van der Waals surface area contributed by atoms with Crippen LogP contribution >= 0.6 is 11.8 Å². The summed E-state index contributed by atoms with van der Waals surface area (Å²) in [6.07, 6.45) is 10.8. The molecule has 0 N–H and O–H groups in total. The number of thioether (sulfide) groups is 1. The van der Waals surface area contributed by atoms with Crippen molar-refractivity contribution in [2.45, 2.75) is 37.5 Å². The van der Waals surface area contributed by atoms with Gasteiger partial charge in [0.15, 0.2) is 0 Å². The summed E-state index contributed by atoms with van der Waals surface area (Å²) >= 11 is 1.75. The fraction of sp³-hybridized carbons (Fsp3) is 0.500. The molecule has 1 aromatic carbocycles. The third kappa shape index (κ3) is 4.63. The average molecular weight is 304 g/mol. The lowest BCUT2D eigenvalue weighted by Crippen LogP contribution is -2.27. The van der Waals surface area contributed by atoms with E-state index in [-0.39, 0.29) is 11.9 Å². The first-order valence-electron chi connectivity index (χ1n) is 7.73. The fourth-order valence-corrected chi connectivity index (χ4v) is 3.29. The van der Waals surface area contributed by atoms with Crippen molar-refractivity contribution in [3.05, 3.63) is 35.9 Å². The van der Waals surface area contributed by atoms with E-state index in [9.17, 15) is 4.79 Å². The first-order chi connectivity index (χ1) is 10.2. The zero-order chi connectivity index (χ0) is 15.1. The molecule has 114 valence electrons. The highest BCUT2D eigenvalue weighted by Crippen LogP contribution is 2.32. The number of rotatable bonds is 5. The molecule has 0 heterocycles. The topological polar surface area (TPSA) is 26.3 Å². The van der Waals surface area contributed by atoms with E-state index < -0.39 is 0 Å². The molecule has 0 spiro atoms. The van der Waals surface area contributed by atoms with Crippen LogP contribution in [0.5, 0.6) is 0 Å². The highest BCUT2D eigenvalue weighted by atomic mass is 32.2. The van der Waals surface area contributed by atoms with Crippen molar-refractivity contribution in [1.82, 2.24) is 0 Å². The van der Waals surface area contributed by atoms with Crippen LogP contribution in [0.4, 0.5) is 0 Å². The first-order valence-corrected chi connectivity index (χ1v) is 8.96. The van der Waals surface area contributed by atoms with Gasteiger partial charge in [0, 0.05) is 4.90 Å². The summed E-state index contributed by atoms with van der Waals surface area (Å²) in [4.78, 5) is 13.3. The maximum absolute atomic E-state index is 12.0. The second kappa shape index (κ2) is 8.28. The van der Waals surface area contributed by atoms with Gasteiger partial charge >= 0.3 is 5.97 Å². The largest absolute Gasteiger partial charge is 0.466 e. The molecular weight excluding hydrogens is 280 g/mol. The van der Waals surface area contributed by atoms with Crippen molar-refractivity contribution in [2.24, 2.45) is 11.8 Å². The van der Waals surface area contributed by atoms with Gasteiger partial charge in [-0.05, 0) is 49.6 Å². The number of esters is 1. The van der Waals surface area contributed by atoms with E-state index in [2.05, 4.69) is 42.7 Å². The summed E-state index contributed by atoms with van der Waals surface area (Å²) in [6, 6.07) is 8.52. The van der Waals surface area contributed by atoms with Gasteiger partial charge < -0.3 is 4.74 Å². The monoisotopic (exact) mass is 304 g/mol. The summed E-state index contributed by atoms with van der Waals surface area (Å²) in [5.74, 6) is 0.336. The standard InChI is InChI=1S/C18H24O2S/c1-3-20-18(19)17-7-5-4-6-15(17)11-8-14-9-12-16(21-2)13-10-14/h8-13,15,17H,3-7H2,1-2H3/b11-8-/t15-,17+/m0/s1. The Morgan fingerprint density at radius 3 is 2.67 bits per heavy atom. The van der Waals surface area contributed by atoms with Crippen LogP contribution < -0.4 is 0 Å². The van der Waals surface area contributed by atoms with Crippen LogP contribution in [0.2, 0.25) is 0 Å². The number of hydrogen-bond donors (Lipinski definition) is 0. The quantitative estimate of drug-likeness (QED) is 0.578. The van der Waals surface area contributed by atoms with Gasteiger partial charge in [-0.1, -0.05) is 37.1 Å². The summed E-state index contributed by atoms with van der Waals surface area (Å²) in [5.41, 5.74) is 1.20. The molecule has 2 rings (SSSR count). The van der Waals surface area contributed by atoms with Crippen LogP contribution in [0.15, 0.2) is 35.2 Å². The van der Waals surface area contributed by atoms with Crippen molar-refractivity contribution >= 4 is 23.8 Å². The number of benzene rings is 1. The molecule has 1 fully saturated rings. The van der Waals surface area contributed by atoms with Crippen LogP contribution in [0.25, 0.3) is 6.08 Å². The van der Waals surface area contributed by atoms with Crippen LogP contribution in [-0.4, -0.2) is 18.8 Å². The van der Waals surface area contributed by atoms with Crippen LogP contribution in [0.1, 0.15) is 38.2 Å². The van der Waals surface area contributed by atoms with E-state index in [1.54, 1.807) is 11.8 Å². The van der Waals surface area contributed by atoms with Crippen molar-refractivity contribution < 1.29 is 9.53 Å². The lowest BCUT2D eigenvalue weighted by Gasteiger charge is -2.27. The van der Waals surface area contributed by atoms with E-state index in [4.69, 9.17) is 4.74 Å². The molecule has 1 aliphatic carbocycles. The summed E-state index contributed by atoms with van der Waals surface area (Å²) < 4.78 is 5.22. The molecule has 0 amide bonds. The molecule has 0 bridgehead atoms. The molecule has 2 nitrogen and oxygen atoms in total. The maximum atomic E-state index is 12.0. The van der Waals surface area contributed by atoms with Crippen molar-refractivity contribution in [3.8, 4) is 0 Å². The molecular formula is C18H24O2S. The molecule has 2 atom stereocenters. The number of carbonyl (C=O) groups excluding carboxylic acids is 1. The minimum Gasteiger partial charge on any atom is -0.466 e. The Bertz CT molecular complexity index is 478. The van der Waals surface area contributed by atoms with Gasteiger partial charge in [0.05, 0.1) is 12.5 Å². The number of hydrogen-bond acceptors (Lipinski definition) is 3. The minimum absolute atomic E-state index is 0.0235. The van der Waals surface area contributed by atoms with Gasteiger partial charge in [-0.25, -0.2) is 0 Å². The zero-order valence-electron chi connectivity index (χ0n) is 12.9. The Kier molecular flexibility index (Phi) is 6.37. The molecule has 3 heteroatoms. The Balaban J connectivity index is 2.03. The van der Waals surface area contributed by atoms with Crippen LogP contribution in [0, 0.1) is 11.8 Å². The first kappa shape index (κ1) is 16.2. The predicted molar refractivity (Wildman–Crippen MR) is 89.3 cm³/mol. The second-order valence-electron chi connectivity index (χ2n) is 5.44. The lowest BCUT2D eigenvalue weighted by atomic mass is 9.79. The van der Waals surface area contributed by atoms with Gasteiger partial charge in [0.25, 0.3) is 0 Å². The van der Waals surface area contributed by atoms with Gasteiger partial charge in [-0.3, -0.25) is 4.79 Å². The number of allylic oxidation sites excluding steroid dienone is 1. The van der Waals surface area contributed by atoms with Crippen LogP contribution in [0.3, 0.4) is 0 Å². The molecule has 0 radical (unpaired) electrons. The van der Waals surface area contributed by atoms with Crippen molar-refractivity contribution in [2.75, 3.05) is 12.9 Å². The molecule has 1 aromatic rings. The molecule has 21 heavy (non-hydrogen) atoms. The molecule has 0 unspecified atom stereocenters. The SMILES string of the molecule is CCOC(=O)[C@@H]1CCCC[C@H]1/C=C\c1ccc(SC)cc1. The Labute approximate surface area is 132 Å². The smallest absolute Gasteiger partial charge is 0.309 e. The molecule has 0 saturated heterocycles. The highest BCUT2D eigenvalue weighted by molar-refractivity contribution is 7.98. The molecule has 0 aromatic heterocycles. The van der Waals surface area contributed by atoms with Crippen LogP contribution in [-0.2, 0) is 9.53 Å². The number of ether oxygens (including phenoxy) is 1. The highest BCUT2D eigenvalue weighted by Gasteiger charge is 2.30. The molecule has 1 saturated carbocycles. The Morgan fingerprint density at radius 1 is 1.29 bits per heavy atom. The second-order valence-corrected chi connectivity index (χ2v) is 6.32. The van der Waals surface area contributed by atoms with Gasteiger partial charge in [0.2, 0.25) is 0 Å². The van der Waals surface area contributed by atoms with Gasteiger partial charge in [-0.2, -0.15) is 0 Å². The Hall–Kier alpha value is -1.22. The summed E-state index contributed by atoms with van der Waals surface area (Å²) in [7, 11) is 0. The van der Waals surface area contributed by atoms with Gasteiger partial charge in [0.1, 0.15) is 0 Å². The van der Waals surface area contributed by atoms with Gasteiger partial charge in [-0.15, -0.1) is 11.8 Å². The third-order valence-electron chi connectivity index (χ3n) is 4.06. The number of carbonyl (C=O) groups is 1. The van der Waals surface area contributed by atoms with E-state index >= 15 is 0 Å². The summed E-state index contributed by atoms with van der Waals surface area (Å²) in [5, 5.41) is 0. The Morgan fingerprint density at radius 2 is 2.00 bits per heavy atom. The van der Waals surface area contributed by atoms with E-state index in [1.807, 2.05) is 6.92 Å². The van der Waals surface area contributed by atoms with E-state index in [0.717, 1.165) is 19.3 Å². The minimum atomic E-state index is -0.0235. The fourth-order valence-electron chi connectivity index (χ4n) is 2.88. The van der Waals surface area contributed by atoms with Crippen molar-refractivity contribution in [3.63, 3.8) is 0 Å². The average Bonchev–Trinajstić information content (AvgIpc) is 2.54. The van der Waals surface area contributed by atoms with E-state index in [1.165, 1.54) is 16.9 Å². The van der Waals surface area contributed by atoms with Crippen molar-refractivity contribution in [1.29, 1.82) is 0 Å². The lowest BCUT2D eigenvalue weighted by molar-refractivity contribution is -0.150. The summed E-state index contributed by atoms with van der Waals surface area (Å²) in [6.45, 7) is 2.35. The third-order valence-corrected chi connectivity index (χ3v) is 4.80. The van der Waals surface area contributed by atoms with E-state index in [0.29, 0.717) is 12.5 Å².